The highest BCUT2D eigenvalue weighted by Crippen LogP contribution is 2.52. The zero-order chi connectivity index (χ0) is 27.2. The van der Waals surface area contributed by atoms with E-state index in [0.717, 1.165) is 24.5 Å². The lowest BCUT2D eigenvalue weighted by Gasteiger charge is -2.42. The molecule has 4 rings (SSSR count). The van der Waals surface area contributed by atoms with E-state index < -0.39 is 22.4 Å². The van der Waals surface area contributed by atoms with Gasteiger partial charge in [0, 0.05) is 10.5 Å². The van der Waals surface area contributed by atoms with Crippen LogP contribution in [0.1, 0.15) is 87.5 Å². The normalized spacial score (nSPS) is 34.5. The van der Waals surface area contributed by atoms with Crippen LogP contribution in [0.5, 0.6) is 0 Å². The van der Waals surface area contributed by atoms with Crippen molar-refractivity contribution in [1.29, 1.82) is 0 Å². The molecule has 3 aliphatic carbocycles. The molecule has 0 aromatic heterocycles. The predicted molar refractivity (Wildman–Crippen MR) is 160 cm³/mol. The van der Waals surface area contributed by atoms with Gasteiger partial charge in [-0.2, -0.15) is 0 Å². The van der Waals surface area contributed by atoms with Gasteiger partial charge in [0.25, 0.3) is 15.0 Å². The summed E-state index contributed by atoms with van der Waals surface area (Å²) in [4.78, 5) is 0. The first kappa shape index (κ1) is 29.5. The van der Waals surface area contributed by atoms with Gasteiger partial charge in [-0.3, -0.25) is 0 Å². The van der Waals surface area contributed by atoms with Crippen molar-refractivity contribution in [1.82, 2.24) is 0 Å². The highest BCUT2D eigenvalue weighted by molar-refractivity contribution is 8.01. The summed E-state index contributed by atoms with van der Waals surface area (Å²) in [5.41, 5.74) is -1.55. The summed E-state index contributed by atoms with van der Waals surface area (Å²) in [5, 5.41) is 22.6. The van der Waals surface area contributed by atoms with Crippen LogP contribution in [0.3, 0.4) is 0 Å². The minimum Gasteiger partial charge on any atom is -0.432 e. The topological polar surface area (TPSA) is 58.9 Å². The minimum absolute atomic E-state index is 0.410. The number of hydrogen-bond acceptors (Lipinski definition) is 5. The number of aliphatic hydroxyl groups is 2. The molecule has 0 radical (unpaired) electrons. The van der Waals surface area contributed by atoms with Crippen molar-refractivity contribution in [3.05, 3.63) is 36.0 Å². The molecule has 4 aliphatic rings. The summed E-state index contributed by atoms with van der Waals surface area (Å²) < 4.78 is 12.7. The molecule has 1 saturated heterocycles. The number of thioether (sulfide) groups is 1. The smallest absolute Gasteiger partial charge is 0.278 e. The second kappa shape index (κ2) is 10.8. The van der Waals surface area contributed by atoms with Crippen molar-refractivity contribution in [2.75, 3.05) is 0 Å². The van der Waals surface area contributed by atoms with Crippen LogP contribution in [0.25, 0.3) is 0 Å². The van der Waals surface area contributed by atoms with Gasteiger partial charge in [0.1, 0.15) is 0 Å². The zero-order valence-electron chi connectivity index (χ0n) is 24.5. The van der Waals surface area contributed by atoms with Crippen LogP contribution in [-0.2, 0) is 9.31 Å². The monoisotopic (exact) mass is 528 g/mol. The van der Waals surface area contributed by atoms with Crippen molar-refractivity contribution < 1.29 is 19.5 Å². The molecule has 0 aromatic carbocycles. The third kappa shape index (κ3) is 6.65. The minimum atomic E-state index is -0.908. The Balaban J connectivity index is 1.48. The fourth-order valence-corrected chi connectivity index (χ4v) is 7.94. The maximum absolute atomic E-state index is 10.6. The molecular formula is C30H50B2O4S. The van der Waals surface area contributed by atoms with Gasteiger partial charge in [-0.15, -0.1) is 11.8 Å². The molecule has 2 fully saturated rings. The molecule has 37 heavy (non-hydrogen) atoms. The fraction of sp³-hybridized carbons (Fsp3) is 0.800. The lowest BCUT2D eigenvalue weighted by Crippen LogP contribution is -2.49. The molecule has 0 spiro atoms. The molecule has 1 aliphatic heterocycles. The van der Waals surface area contributed by atoms with Gasteiger partial charge in [-0.1, -0.05) is 36.8 Å². The highest BCUT2D eigenvalue weighted by Gasteiger charge is 2.44. The van der Waals surface area contributed by atoms with Crippen LogP contribution >= 0.6 is 11.8 Å². The van der Waals surface area contributed by atoms with Gasteiger partial charge >= 0.3 is 0 Å². The number of allylic oxidation sites excluding steroid dienone is 5. The van der Waals surface area contributed by atoms with E-state index in [2.05, 4.69) is 42.1 Å². The number of fused-ring (bicyclic) bond motifs is 3. The van der Waals surface area contributed by atoms with Gasteiger partial charge in [-0.05, 0) is 116 Å². The van der Waals surface area contributed by atoms with Gasteiger partial charge in [0.15, 0.2) is 0 Å². The zero-order valence-corrected chi connectivity index (χ0v) is 25.3. The molecule has 2 N–H and O–H groups in total. The van der Waals surface area contributed by atoms with Gasteiger partial charge in [0.2, 0.25) is 0 Å². The Morgan fingerprint density at radius 3 is 1.92 bits per heavy atom. The van der Waals surface area contributed by atoms with Crippen LogP contribution < -0.4 is 0 Å². The molecule has 0 amide bonds. The summed E-state index contributed by atoms with van der Waals surface area (Å²) in [7, 11) is 1.29. The van der Waals surface area contributed by atoms with E-state index in [1.54, 1.807) is 0 Å². The van der Waals surface area contributed by atoms with E-state index in [1.807, 2.05) is 55.4 Å². The van der Waals surface area contributed by atoms with Gasteiger partial charge < -0.3 is 19.5 Å². The summed E-state index contributed by atoms with van der Waals surface area (Å²) in [6.07, 6.45) is 18.2. The van der Waals surface area contributed by atoms with Crippen LogP contribution in [0.4, 0.5) is 0 Å². The van der Waals surface area contributed by atoms with Crippen molar-refractivity contribution in [2.45, 2.75) is 132 Å². The second-order valence-electron chi connectivity index (χ2n) is 14.2. The van der Waals surface area contributed by atoms with Crippen LogP contribution in [0, 0.1) is 17.8 Å². The fourth-order valence-electron chi connectivity index (χ4n) is 6.12. The lowest BCUT2D eigenvalue weighted by atomic mass is 9.55. The van der Waals surface area contributed by atoms with E-state index in [9.17, 15) is 10.2 Å². The highest BCUT2D eigenvalue weighted by atomic mass is 32.2. The quantitative estimate of drug-likeness (QED) is 0.295. The summed E-state index contributed by atoms with van der Waals surface area (Å²) in [6.45, 7) is 15.2. The van der Waals surface area contributed by atoms with Crippen molar-refractivity contribution >= 4 is 26.7 Å². The van der Waals surface area contributed by atoms with E-state index >= 15 is 0 Å². The number of rotatable bonds is 9. The molecule has 0 bridgehead atoms. The second-order valence-corrected chi connectivity index (χ2v) is 15.6. The Hall–Kier alpha value is -0.460. The van der Waals surface area contributed by atoms with Gasteiger partial charge in [0.05, 0.1) is 22.4 Å². The largest absolute Gasteiger partial charge is 0.432 e. The molecule has 4 nitrogen and oxygen atoms in total. The molecule has 6 atom stereocenters. The van der Waals surface area contributed by atoms with E-state index in [4.69, 9.17) is 9.31 Å². The van der Waals surface area contributed by atoms with E-state index in [0.29, 0.717) is 49.6 Å². The summed E-state index contributed by atoms with van der Waals surface area (Å²) in [6, 6.07) is 0. The Morgan fingerprint density at radius 2 is 1.38 bits per heavy atom. The Kier molecular flexibility index (Phi) is 8.65. The van der Waals surface area contributed by atoms with E-state index in [-0.39, 0.29) is 0 Å². The summed E-state index contributed by atoms with van der Waals surface area (Å²) in [5.74, 6) is 2.64. The first-order chi connectivity index (χ1) is 17.1. The van der Waals surface area contributed by atoms with Crippen molar-refractivity contribution in [3.63, 3.8) is 0 Å². The molecule has 6 unspecified atom stereocenters. The molecule has 206 valence electrons. The first-order valence-electron chi connectivity index (χ1n) is 14.5. The average molecular weight is 528 g/mol. The molecule has 1 saturated carbocycles. The average Bonchev–Trinajstić information content (AvgIpc) is 3.18. The van der Waals surface area contributed by atoms with Crippen LogP contribution in [0.15, 0.2) is 36.0 Å². The Bertz CT molecular complexity index is 860. The first-order valence-corrected chi connectivity index (χ1v) is 15.5. The third-order valence-electron chi connectivity index (χ3n) is 10.1. The molecule has 1 heterocycles. The third-order valence-corrected chi connectivity index (χ3v) is 11.8. The van der Waals surface area contributed by atoms with Gasteiger partial charge in [-0.25, -0.2) is 0 Å². The SMILES string of the molecule is CC(C)(O)C(C)(C)OBC1CC(BOC(C)(C)C(C)(C)O)CC(C2=CC3SC4CCC=CC4C3C=C2)C1. The van der Waals surface area contributed by atoms with Crippen LogP contribution in [-0.4, -0.2) is 58.1 Å². The van der Waals surface area contributed by atoms with Crippen molar-refractivity contribution in [3.8, 4) is 0 Å². The predicted octanol–water partition coefficient (Wildman–Crippen LogP) is 5.76. The van der Waals surface area contributed by atoms with Crippen LogP contribution in [0.2, 0.25) is 11.6 Å². The standard InChI is InChI=1S/C30H50B2O4S/c1-27(2,33)29(5,6)35-31-21-15-20(16-22(18-21)32-36-30(7,8)28(3,4)34)19-13-14-24-23-11-9-10-12-25(23)37-26(24)17-19/h9,11,13-14,17,20-26,31-34H,10,12,15-16,18H2,1-8H3. The molecule has 7 heteroatoms. The van der Waals surface area contributed by atoms with Crippen molar-refractivity contribution in [2.24, 2.45) is 17.8 Å². The summed E-state index contributed by atoms with van der Waals surface area (Å²) >= 11 is 2.20. The maximum atomic E-state index is 10.6. The lowest BCUT2D eigenvalue weighted by molar-refractivity contribution is -0.0923. The Labute approximate surface area is 231 Å². The number of hydrogen-bond donors (Lipinski definition) is 2. The van der Waals surface area contributed by atoms with E-state index in [1.165, 1.54) is 18.4 Å². The molecule has 0 aromatic rings. The maximum Gasteiger partial charge on any atom is 0.278 e. The molecular weight excluding hydrogens is 478 g/mol. The Morgan fingerprint density at radius 1 is 0.811 bits per heavy atom.